The number of aliphatic carboxylic acids is 1. The molecule has 3 rings (SSSR count). The highest BCUT2D eigenvalue weighted by molar-refractivity contribution is 6.30. The highest BCUT2D eigenvalue weighted by Crippen LogP contribution is 2.33. The molecule has 4 nitrogen and oxygen atoms in total. The molecule has 0 aliphatic carbocycles. The Bertz CT molecular complexity index is 1050. The normalized spacial score (nSPS) is 13.1. The number of carbonyl (C=O) groups is 1. The first-order chi connectivity index (χ1) is 13.1. The molecule has 9 heteroatoms. The van der Waals surface area contributed by atoms with Crippen LogP contribution >= 0.6 is 11.6 Å². The van der Waals surface area contributed by atoms with Crippen LogP contribution in [0.4, 0.5) is 17.6 Å². The quantitative estimate of drug-likeness (QED) is 0.587. The molecule has 1 atom stereocenters. The van der Waals surface area contributed by atoms with Gasteiger partial charge < -0.3 is 5.11 Å². The van der Waals surface area contributed by atoms with Crippen LogP contribution in [0.25, 0.3) is 10.9 Å². The van der Waals surface area contributed by atoms with E-state index >= 15 is 0 Å². The molecule has 0 amide bonds. The van der Waals surface area contributed by atoms with Crippen molar-refractivity contribution in [2.75, 3.05) is 0 Å². The largest absolute Gasteiger partial charge is 0.481 e. The first-order valence-electron chi connectivity index (χ1n) is 8.29. The van der Waals surface area contributed by atoms with Gasteiger partial charge in [0.2, 0.25) is 0 Å². The lowest BCUT2D eigenvalue weighted by Gasteiger charge is -2.08. The van der Waals surface area contributed by atoms with E-state index in [0.29, 0.717) is 5.52 Å². The van der Waals surface area contributed by atoms with E-state index in [9.17, 15) is 22.4 Å². The number of benzene rings is 2. The summed E-state index contributed by atoms with van der Waals surface area (Å²) >= 11 is 5.74. The summed E-state index contributed by atoms with van der Waals surface area (Å²) in [6.07, 6.45) is -4.60. The average Bonchev–Trinajstić information content (AvgIpc) is 2.93. The van der Waals surface area contributed by atoms with Crippen LogP contribution in [-0.2, 0) is 23.9 Å². The Morgan fingerprint density at radius 1 is 1.25 bits per heavy atom. The molecule has 0 radical (unpaired) electrons. The Kier molecular flexibility index (Phi) is 5.34. The van der Waals surface area contributed by atoms with Crippen molar-refractivity contribution in [1.82, 2.24) is 9.78 Å². The summed E-state index contributed by atoms with van der Waals surface area (Å²) in [5.41, 5.74) is -0.0340. The summed E-state index contributed by atoms with van der Waals surface area (Å²) in [4.78, 5) is 11.2. The van der Waals surface area contributed by atoms with E-state index in [-0.39, 0.29) is 34.6 Å². The molecule has 0 aliphatic rings. The van der Waals surface area contributed by atoms with Crippen molar-refractivity contribution >= 4 is 28.5 Å². The van der Waals surface area contributed by atoms with Gasteiger partial charge in [-0.3, -0.25) is 9.48 Å². The monoisotopic (exact) mass is 414 g/mol. The molecule has 0 saturated carbocycles. The molecule has 2 aromatic carbocycles. The van der Waals surface area contributed by atoms with Gasteiger partial charge in [-0.25, -0.2) is 4.39 Å². The van der Waals surface area contributed by atoms with Gasteiger partial charge in [-0.1, -0.05) is 24.6 Å². The lowest BCUT2D eigenvalue weighted by Crippen LogP contribution is -2.13. The number of nitrogens with zero attached hydrogens (tertiary/aromatic N) is 2. The average molecular weight is 415 g/mol. The van der Waals surface area contributed by atoms with Crippen molar-refractivity contribution < 1.29 is 27.5 Å². The number of fused-ring (bicyclic) bond motifs is 1. The number of aromatic nitrogens is 2. The van der Waals surface area contributed by atoms with Gasteiger partial charge in [0, 0.05) is 22.4 Å². The fourth-order valence-corrected chi connectivity index (χ4v) is 3.04. The van der Waals surface area contributed by atoms with Gasteiger partial charge in [0.25, 0.3) is 0 Å². The number of hydrogen-bond donors (Lipinski definition) is 1. The second-order valence-electron chi connectivity index (χ2n) is 6.51. The Morgan fingerprint density at radius 3 is 2.57 bits per heavy atom. The van der Waals surface area contributed by atoms with E-state index in [1.165, 1.54) is 29.8 Å². The SMILES string of the molecule is CC(Cc1nn(Cc2ccc(Cl)cc2F)c2ccc(C(F)(F)F)cc12)C(=O)O. The molecule has 1 aromatic heterocycles. The van der Waals surface area contributed by atoms with Crippen LogP contribution in [0.15, 0.2) is 36.4 Å². The summed E-state index contributed by atoms with van der Waals surface area (Å²) in [5, 5.41) is 13.8. The predicted octanol–water partition coefficient (Wildman–Crippen LogP) is 5.16. The zero-order valence-corrected chi connectivity index (χ0v) is 15.4. The second kappa shape index (κ2) is 7.43. The third kappa shape index (κ3) is 4.11. The van der Waals surface area contributed by atoms with Crippen molar-refractivity contribution in [2.24, 2.45) is 5.92 Å². The van der Waals surface area contributed by atoms with Crippen LogP contribution < -0.4 is 0 Å². The zero-order chi connectivity index (χ0) is 20.6. The van der Waals surface area contributed by atoms with E-state index in [0.717, 1.165) is 18.2 Å². The molecular weight excluding hydrogens is 400 g/mol. The maximum atomic E-state index is 14.1. The van der Waals surface area contributed by atoms with Crippen molar-refractivity contribution in [3.63, 3.8) is 0 Å². The van der Waals surface area contributed by atoms with E-state index in [4.69, 9.17) is 16.7 Å². The van der Waals surface area contributed by atoms with Gasteiger partial charge in [-0.15, -0.1) is 0 Å². The number of hydrogen-bond acceptors (Lipinski definition) is 2. The molecule has 3 aromatic rings. The Balaban J connectivity index is 2.10. The molecule has 0 spiro atoms. The maximum absolute atomic E-state index is 14.1. The minimum atomic E-state index is -4.55. The highest BCUT2D eigenvalue weighted by atomic mass is 35.5. The summed E-state index contributed by atoms with van der Waals surface area (Å²) < 4.78 is 54.8. The topological polar surface area (TPSA) is 55.1 Å². The van der Waals surface area contributed by atoms with Gasteiger partial charge in [-0.2, -0.15) is 18.3 Å². The fraction of sp³-hybridized carbons (Fsp3) is 0.263. The van der Waals surface area contributed by atoms with Gasteiger partial charge in [-0.05, 0) is 30.3 Å². The standard InChI is InChI=1S/C19H15ClF4N2O2/c1-10(18(27)28)6-16-14-7-12(19(22,23)24)3-5-17(14)26(25-16)9-11-2-4-13(20)8-15(11)21/h2-5,7-8,10H,6,9H2,1H3,(H,27,28). The summed E-state index contributed by atoms with van der Waals surface area (Å²) in [7, 11) is 0. The molecule has 0 fully saturated rings. The van der Waals surface area contributed by atoms with Gasteiger partial charge in [0.1, 0.15) is 5.82 Å². The van der Waals surface area contributed by atoms with Gasteiger partial charge in [0.15, 0.2) is 0 Å². The number of carboxylic acids is 1. The number of alkyl halides is 3. The lowest BCUT2D eigenvalue weighted by atomic mass is 10.0. The van der Waals surface area contributed by atoms with Gasteiger partial charge >= 0.3 is 12.1 Å². The number of carboxylic acid groups (broad SMARTS) is 1. The summed E-state index contributed by atoms with van der Waals surface area (Å²) in [5.74, 6) is -2.49. The van der Waals surface area contributed by atoms with Crippen molar-refractivity contribution in [3.05, 3.63) is 64.1 Å². The van der Waals surface area contributed by atoms with E-state index in [2.05, 4.69) is 5.10 Å². The summed E-state index contributed by atoms with van der Waals surface area (Å²) in [6.45, 7) is 1.41. The third-order valence-corrected chi connectivity index (χ3v) is 4.65. The molecule has 0 saturated heterocycles. The zero-order valence-electron chi connectivity index (χ0n) is 14.6. The van der Waals surface area contributed by atoms with E-state index in [1.54, 1.807) is 0 Å². The summed E-state index contributed by atoms with van der Waals surface area (Å²) in [6, 6.07) is 7.23. The third-order valence-electron chi connectivity index (χ3n) is 4.41. The number of halogens is 5. The van der Waals surface area contributed by atoms with Crippen molar-refractivity contribution in [1.29, 1.82) is 0 Å². The fourth-order valence-electron chi connectivity index (χ4n) is 2.88. The minimum absolute atomic E-state index is 0.0354. The predicted molar refractivity (Wildman–Crippen MR) is 95.8 cm³/mol. The highest BCUT2D eigenvalue weighted by Gasteiger charge is 2.31. The second-order valence-corrected chi connectivity index (χ2v) is 6.95. The molecule has 1 unspecified atom stereocenters. The maximum Gasteiger partial charge on any atom is 0.416 e. The van der Waals surface area contributed by atoms with Crippen LogP contribution in [0.1, 0.15) is 23.7 Å². The van der Waals surface area contributed by atoms with Crippen molar-refractivity contribution in [3.8, 4) is 0 Å². The molecule has 0 aliphatic heterocycles. The molecule has 1 heterocycles. The van der Waals surface area contributed by atoms with Crippen LogP contribution in [0, 0.1) is 11.7 Å². The van der Waals surface area contributed by atoms with Crippen LogP contribution in [0.3, 0.4) is 0 Å². The lowest BCUT2D eigenvalue weighted by molar-refractivity contribution is -0.141. The molecule has 28 heavy (non-hydrogen) atoms. The van der Waals surface area contributed by atoms with E-state index < -0.39 is 29.4 Å². The molecule has 148 valence electrons. The molecule has 0 bridgehead atoms. The minimum Gasteiger partial charge on any atom is -0.481 e. The van der Waals surface area contributed by atoms with Gasteiger partial charge in [0.05, 0.1) is 29.2 Å². The smallest absolute Gasteiger partial charge is 0.416 e. The molecule has 1 N–H and O–H groups in total. The van der Waals surface area contributed by atoms with Crippen LogP contribution in [0.5, 0.6) is 0 Å². The van der Waals surface area contributed by atoms with Crippen LogP contribution in [0.2, 0.25) is 5.02 Å². The van der Waals surface area contributed by atoms with Crippen LogP contribution in [-0.4, -0.2) is 20.9 Å². The first-order valence-corrected chi connectivity index (χ1v) is 8.67. The van der Waals surface area contributed by atoms with Crippen molar-refractivity contribution in [2.45, 2.75) is 26.1 Å². The first kappa shape index (κ1) is 20.1. The van der Waals surface area contributed by atoms with E-state index in [1.807, 2.05) is 0 Å². The Morgan fingerprint density at radius 2 is 1.96 bits per heavy atom. The Labute approximate surface area is 162 Å². The molecular formula is C19H15ClF4N2O2. The number of rotatable bonds is 5. The Hall–Kier alpha value is -2.61.